The molecule has 28 heteroatoms. The Morgan fingerprint density at radius 3 is 1.79 bits per heavy atom. The molecule has 3 aromatic carbocycles. The van der Waals surface area contributed by atoms with E-state index in [2.05, 4.69) is 47.9 Å². The van der Waals surface area contributed by atoms with Crippen molar-refractivity contribution < 1.29 is 58.2 Å². The third-order valence-corrected chi connectivity index (χ3v) is 14.3. The summed E-state index contributed by atoms with van der Waals surface area (Å²) in [6.07, 6.45) is 1.27. The van der Waals surface area contributed by atoms with Crippen LogP contribution >= 0.6 is 0 Å². The van der Waals surface area contributed by atoms with Crippen LogP contribution in [-0.4, -0.2) is 179 Å². The Labute approximate surface area is 486 Å². The molecule has 19 N–H and O–H groups in total. The number of carbonyl (C=O) groups is 10. The molecule has 7 atom stereocenters. The molecule has 0 aromatic heterocycles. The molecule has 0 unspecified atom stereocenters. The number of benzene rings is 3. The summed E-state index contributed by atoms with van der Waals surface area (Å²) >= 11 is 0. The summed E-state index contributed by atoms with van der Waals surface area (Å²) < 4.78 is 0. The van der Waals surface area contributed by atoms with Crippen LogP contribution in [0.2, 0.25) is 0 Å². The van der Waals surface area contributed by atoms with E-state index >= 15 is 0 Å². The number of carbonyl (C=O) groups excluding carboxylic acids is 9. The normalized spacial score (nSPS) is 16.4. The third-order valence-electron chi connectivity index (χ3n) is 14.3. The van der Waals surface area contributed by atoms with Crippen LogP contribution in [0, 0.1) is 16.7 Å². The fraction of sp³-hybridized carbons (Fsp3) is 0.500. The number of carboxylic acids is 1. The molecule has 2 saturated heterocycles. The second-order valence-electron chi connectivity index (χ2n) is 21.1. The number of guanidine groups is 2. The van der Waals surface area contributed by atoms with Gasteiger partial charge in [-0.1, -0.05) is 68.4 Å². The van der Waals surface area contributed by atoms with Gasteiger partial charge in [-0.15, -0.1) is 0 Å². The Morgan fingerprint density at radius 2 is 1.17 bits per heavy atom. The summed E-state index contributed by atoms with van der Waals surface area (Å²) in [4.78, 5) is 138. The van der Waals surface area contributed by atoms with Crippen molar-refractivity contribution in [1.29, 1.82) is 10.8 Å². The summed E-state index contributed by atoms with van der Waals surface area (Å²) in [5.74, 6) is -8.57. The highest BCUT2D eigenvalue weighted by Gasteiger charge is 2.40. The van der Waals surface area contributed by atoms with Gasteiger partial charge in [0, 0.05) is 52.0 Å². The topological polar surface area (TPSA) is 452 Å². The summed E-state index contributed by atoms with van der Waals surface area (Å²) in [5.41, 5.74) is 17.5. The van der Waals surface area contributed by atoms with E-state index in [0.717, 1.165) is 10.8 Å². The minimum absolute atomic E-state index is 0.000939. The van der Waals surface area contributed by atoms with Crippen LogP contribution in [-0.2, 0) is 60.8 Å². The van der Waals surface area contributed by atoms with Gasteiger partial charge >= 0.3 is 5.97 Å². The number of likely N-dealkylation sites (tertiary alicyclic amines) is 2. The second-order valence-corrected chi connectivity index (χ2v) is 21.1. The molecular formula is C56H80N16O12. The SMILES string of the molecule is CC(C)[C@@H](NC(=O)[C@H](CCCNC(=N)N)NC(=O)[C@H](Cc1ccc(O)cc1)NC(=O)[C@H]1CCCN1C(=O)CNC(=O)CN)C(=O)NCCC(=O)N[C@@H](CCCNC(=N)N)C(=O)N[C@H](Cc1ccc2ccccc2c1)C(=O)N1CCC[C@H]1C(=O)O. The largest absolute Gasteiger partial charge is 0.508 e. The Kier molecular flexibility index (Phi) is 25.5. The minimum atomic E-state index is -1.35. The Hall–Kier alpha value is -9.08. The van der Waals surface area contributed by atoms with E-state index in [-0.39, 0.29) is 115 Å². The molecule has 2 aliphatic heterocycles. The maximum atomic E-state index is 14.3. The predicted octanol–water partition coefficient (Wildman–Crippen LogP) is -2.42. The molecule has 2 fully saturated rings. The van der Waals surface area contributed by atoms with E-state index in [1.165, 1.54) is 34.1 Å². The number of hydrogen-bond donors (Lipinski definition) is 16. The molecule has 3 aromatic rings. The highest BCUT2D eigenvalue weighted by molar-refractivity contribution is 5.97. The summed E-state index contributed by atoms with van der Waals surface area (Å²) in [7, 11) is 0. The number of amides is 9. The van der Waals surface area contributed by atoms with E-state index in [1.807, 2.05) is 42.5 Å². The van der Waals surface area contributed by atoms with Crippen molar-refractivity contribution in [2.45, 2.75) is 127 Å². The highest BCUT2D eigenvalue weighted by Crippen LogP contribution is 2.23. The first-order valence-electron chi connectivity index (χ1n) is 28.0. The van der Waals surface area contributed by atoms with E-state index in [4.69, 9.17) is 28.0 Å². The lowest BCUT2D eigenvalue weighted by atomic mass is 10.00. The van der Waals surface area contributed by atoms with Crippen molar-refractivity contribution in [2.75, 3.05) is 45.8 Å². The zero-order chi connectivity index (χ0) is 61.5. The number of fused-ring (bicyclic) bond motifs is 1. The highest BCUT2D eigenvalue weighted by atomic mass is 16.4. The molecule has 28 nitrogen and oxygen atoms in total. The van der Waals surface area contributed by atoms with Crippen LogP contribution in [0.3, 0.4) is 0 Å². The van der Waals surface area contributed by atoms with Gasteiger partial charge in [-0.2, -0.15) is 0 Å². The molecule has 84 heavy (non-hydrogen) atoms. The average molecular weight is 1170 g/mol. The Bertz CT molecular complexity index is 2850. The van der Waals surface area contributed by atoms with Crippen LogP contribution in [0.1, 0.15) is 82.8 Å². The van der Waals surface area contributed by atoms with Crippen LogP contribution in [0.15, 0.2) is 66.7 Å². The molecule has 0 bridgehead atoms. The fourth-order valence-electron chi connectivity index (χ4n) is 9.92. The number of aromatic hydroxyl groups is 1. The molecule has 2 heterocycles. The van der Waals surface area contributed by atoms with Crippen LogP contribution < -0.4 is 65.1 Å². The summed E-state index contributed by atoms with van der Waals surface area (Å²) in [5, 5.41) is 60.8. The lowest BCUT2D eigenvalue weighted by Gasteiger charge is -2.29. The predicted molar refractivity (Wildman–Crippen MR) is 309 cm³/mol. The maximum Gasteiger partial charge on any atom is 0.326 e. The number of phenolic OH excluding ortho intramolecular Hbond substituents is 1. The van der Waals surface area contributed by atoms with E-state index < -0.39 is 114 Å². The number of nitrogens with zero attached hydrogens (tertiary/aromatic N) is 2. The fourth-order valence-corrected chi connectivity index (χ4v) is 9.92. The van der Waals surface area contributed by atoms with Gasteiger partial charge in [-0.05, 0) is 91.3 Å². The summed E-state index contributed by atoms with van der Waals surface area (Å²) in [6.45, 7) is 2.93. The second kappa shape index (κ2) is 32.5. The third kappa shape index (κ3) is 20.4. The van der Waals surface area contributed by atoms with Crippen molar-refractivity contribution in [2.24, 2.45) is 23.1 Å². The number of carboxylic acid groups (broad SMARTS) is 1. The van der Waals surface area contributed by atoms with Gasteiger partial charge < -0.3 is 85.1 Å². The lowest BCUT2D eigenvalue weighted by molar-refractivity contribution is -0.149. The van der Waals surface area contributed by atoms with E-state index in [0.29, 0.717) is 24.0 Å². The lowest BCUT2D eigenvalue weighted by Crippen LogP contribution is -2.59. The smallest absolute Gasteiger partial charge is 0.326 e. The van der Waals surface area contributed by atoms with Crippen molar-refractivity contribution >= 4 is 81.8 Å². The maximum absolute atomic E-state index is 14.3. The monoisotopic (exact) mass is 1170 g/mol. The van der Waals surface area contributed by atoms with Crippen LogP contribution in [0.4, 0.5) is 0 Å². The van der Waals surface area contributed by atoms with E-state index in [9.17, 15) is 58.2 Å². The van der Waals surface area contributed by atoms with Crippen LogP contribution in [0.5, 0.6) is 5.75 Å². The van der Waals surface area contributed by atoms with Crippen molar-refractivity contribution in [3.05, 3.63) is 77.9 Å². The first kappa shape index (κ1) is 65.7. The van der Waals surface area contributed by atoms with E-state index in [1.54, 1.807) is 13.8 Å². The van der Waals surface area contributed by atoms with Gasteiger partial charge in [-0.3, -0.25) is 54.0 Å². The van der Waals surface area contributed by atoms with Crippen molar-refractivity contribution in [1.82, 2.24) is 57.7 Å². The molecule has 5 rings (SSSR count). The number of phenols is 1. The Balaban J connectivity index is 1.28. The first-order chi connectivity index (χ1) is 40.0. The zero-order valence-electron chi connectivity index (χ0n) is 47.3. The standard InChI is InChI=1S/C56H80N16O12/c1-32(2)47(70-49(78)39(12-6-23-64-56(60)61)67-50(79)40(28-33-16-19-37(73)20-17-33)68-51(80)42-13-7-25-71(42)46(76)31-65-45(75)30-57)52(81)62-24-21-44(74)66-38(11-5-22-63-55(58)59)48(77)69-41(53(82)72-26-8-14-43(72)54(83)84)29-34-15-18-35-9-3-4-10-36(35)27-34/h3-4,9-10,15-20,27,32,38-43,47,73H,5-8,11-14,21-26,28-31,57H2,1-2H3,(H,62,81)(H,65,75)(H,66,74)(H,67,79)(H,68,80)(H,69,77)(H,70,78)(H,83,84)(H4,58,59,63)(H4,60,61,64)/t38-,39-,40-,41+,42+,43-,47+/m0/s1. The van der Waals surface area contributed by atoms with Gasteiger partial charge in [-0.25, -0.2) is 4.79 Å². The number of aliphatic carboxylic acids is 1. The number of rotatable bonds is 31. The molecule has 2 aliphatic rings. The van der Waals surface area contributed by atoms with Crippen LogP contribution in [0.25, 0.3) is 10.8 Å². The van der Waals surface area contributed by atoms with Crippen molar-refractivity contribution in [3.63, 3.8) is 0 Å². The van der Waals surface area contributed by atoms with Gasteiger partial charge in [0.05, 0.1) is 13.1 Å². The average Bonchev–Trinajstić information content (AvgIpc) is 3.92. The number of hydrogen-bond acceptors (Lipinski definition) is 14. The molecule has 456 valence electrons. The van der Waals surface area contributed by atoms with Gasteiger partial charge in [0.25, 0.3) is 0 Å². The van der Waals surface area contributed by atoms with Gasteiger partial charge in [0.2, 0.25) is 53.2 Å². The molecule has 0 spiro atoms. The molecule has 9 amide bonds. The molecule has 0 saturated carbocycles. The number of nitrogens with one attached hydrogen (secondary N) is 11. The molecule has 0 aliphatic carbocycles. The molecular weight excluding hydrogens is 1090 g/mol. The summed E-state index contributed by atoms with van der Waals surface area (Å²) in [6, 6.07) is 10.5. The van der Waals surface area contributed by atoms with Gasteiger partial charge in [0.1, 0.15) is 48.0 Å². The minimum Gasteiger partial charge on any atom is -0.508 e. The zero-order valence-corrected chi connectivity index (χ0v) is 47.3. The quantitative estimate of drug-likeness (QED) is 0.0181. The first-order valence-corrected chi connectivity index (χ1v) is 28.0. The number of nitrogens with two attached hydrogens (primary N) is 3. The van der Waals surface area contributed by atoms with Gasteiger partial charge in [0.15, 0.2) is 11.9 Å². The molecule has 0 radical (unpaired) electrons. The van der Waals surface area contributed by atoms with Crippen molar-refractivity contribution in [3.8, 4) is 5.75 Å². The Morgan fingerprint density at radius 1 is 0.607 bits per heavy atom.